The number of esters is 1. The molecule has 0 aliphatic rings. The summed E-state index contributed by atoms with van der Waals surface area (Å²) in [6.45, 7) is 0. The lowest BCUT2D eigenvalue weighted by Gasteiger charge is -2.08. The Balaban J connectivity index is 0.000000433. The Labute approximate surface area is 118 Å². The highest BCUT2D eigenvalue weighted by Gasteiger charge is 2.36. The normalized spacial score (nSPS) is 11.2. The second-order valence-electron chi connectivity index (χ2n) is 3.40. The molecule has 1 aromatic heterocycles. The second kappa shape index (κ2) is 7.22. The number of carbonyl (C=O) groups excluding carboxylic acids is 1. The highest BCUT2D eigenvalue weighted by molar-refractivity contribution is 7.86. The molecule has 21 heavy (non-hydrogen) atoms. The Bertz CT molecular complexity index is 599. The van der Waals surface area contributed by atoms with Gasteiger partial charge >= 0.3 is 17.4 Å². The molecule has 1 aromatic rings. The lowest BCUT2D eigenvalue weighted by Crippen LogP contribution is -2.37. The van der Waals surface area contributed by atoms with E-state index in [2.05, 4.69) is 4.74 Å². The summed E-state index contributed by atoms with van der Waals surface area (Å²) in [7, 11) is -1.45. The van der Waals surface area contributed by atoms with Crippen LogP contribution in [0.1, 0.15) is 10.5 Å². The minimum atomic E-state index is -6.09. The van der Waals surface area contributed by atoms with Crippen molar-refractivity contribution in [3.63, 3.8) is 0 Å². The van der Waals surface area contributed by atoms with Gasteiger partial charge in [-0.05, 0) is 6.07 Å². The summed E-state index contributed by atoms with van der Waals surface area (Å²) < 4.78 is 70.2. The molecule has 0 atom stereocenters. The molecule has 7 nitrogen and oxygen atoms in total. The van der Waals surface area contributed by atoms with Gasteiger partial charge in [0.25, 0.3) is 5.69 Å². The molecule has 11 heteroatoms. The number of methoxy groups -OCH3 is 2. The fraction of sp³-hybridized carbons (Fsp3) is 0.400. The molecule has 0 amide bonds. The van der Waals surface area contributed by atoms with Crippen LogP contribution >= 0.6 is 0 Å². The fourth-order valence-corrected chi connectivity index (χ4v) is 1.08. The maximum atomic E-state index is 11.2. The van der Waals surface area contributed by atoms with Crippen LogP contribution < -0.4 is 9.30 Å². The third kappa shape index (κ3) is 5.55. The zero-order valence-corrected chi connectivity index (χ0v) is 12.0. The van der Waals surface area contributed by atoms with Gasteiger partial charge in [-0.2, -0.15) is 17.7 Å². The zero-order chi connectivity index (χ0) is 16.8. The molecule has 0 bridgehead atoms. The summed E-state index contributed by atoms with van der Waals surface area (Å²) in [6.07, 6.45) is 0. The van der Waals surface area contributed by atoms with Gasteiger partial charge in [0, 0.05) is 6.07 Å². The molecule has 0 fully saturated rings. The molecule has 1 heterocycles. The molecule has 0 saturated carbocycles. The van der Waals surface area contributed by atoms with E-state index in [0.717, 1.165) is 0 Å². The average molecular weight is 331 g/mol. The summed E-state index contributed by atoms with van der Waals surface area (Å²) in [5.41, 5.74) is -5.19. The molecular weight excluding hydrogens is 319 g/mol. The topological polar surface area (TPSA) is 96.6 Å². The Kier molecular flexibility index (Phi) is 6.57. The molecule has 1 rings (SSSR count). The number of hydrogen-bond acceptors (Lipinski definition) is 6. The molecule has 0 aliphatic carbocycles. The van der Waals surface area contributed by atoms with E-state index in [0.29, 0.717) is 11.6 Å². The van der Waals surface area contributed by atoms with E-state index in [9.17, 15) is 18.0 Å². The number of nitrogens with zero attached hydrogens (tertiary/aromatic N) is 1. The predicted octanol–water partition coefficient (Wildman–Crippen LogP) is 0.358. The van der Waals surface area contributed by atoms with Crippen molar-refractivity contribution in [3.8, 4) is 5.88 Å². The van der Waals surface area contributed by atoms with Crippen LogP contribution in [0.25, 0.3) is 0 Å². The van der Waals surface area contributed by atoms with E-state index in [-0.39, 0.29) is 5.97 Å². The average Bonchev–Trinajstić information content (AvgIpc) is 2.36. The summed E-state index contributed by atoms with van der Waals surface area (Å²) in [6, 6.07) is 5.19. The maximum Gasteiger partial charge on any atom is 0.485 e. The fourth-order valence-electron chi connectivity index (χ4n) is 1.08. The van der Waals surface area contributed by atoms with Gasteiger partial charge in [-0.1, -0.05) is 0 Å². The Morgan fingerprint density at radius 3 is 2.10 bits per heavy atom. The molecule has 0 radical (unpaired) electrons. The van der Waals surface area contributed by atoms with Gasteiger partial charge in [0.1, 0.15) is 7.05 Å². The summed E-state index contributed by atoms with van der Waals surface area (Å²) >= 11 is 0. The van der Waals surface area contributed by atoms with Gasteiger partial charge in [0.15, 0.2) is 10.1 Å². The van der Waals surface area contributed by atoms with Crippen LogP contribution in [0, 0.1) is 0 Å². The van der Waals surface area contributed by atoms with E-state index >= 15 is 0 Å². The van der Waals surface area contributed by atoms with Crippen molar-refractivity contribution in [2.24, 2.45) is 7.05 Å². The minimum Gasteiger partial charge on any atom is -0.741 e. The van der Waals surface area contributed by atoms with Crippen LogP contribution in [0.3, 0.4) is 0 Å². The van der Waals surface area contributed by atoms with Crippen LogP contribution in [0.5, 0.6) is 5.88 Å². The Morgan fingerprint density at radius 1 is 1.29 bits per heavy atom. The Hall–Kier alpha value is -1.88. The lowest BCUT2D eigenvalue weighted by molar-refractivity contribution is -0.679. The van der Waals surface area contributed by atoms with E-state index in [1.54, 1.807) is 36.9 Å². The third-order valence-corrected chi connectivity index (χ3v) is 2.64. The lowest BCUT2D eigenvalue weighted by atomic mass is 10.3. The highest BCUT2D eigenvalue weighted by Crippen LogP contribution is 2.20. The predicted molar refractivity (Wildman–Crippen MR) is 61.3 cm³/mol. The van der Waals surface area contributed by atoms with Gasteiger partial charge in [0.05, 0.1) is 20.3 Å². The van der Waals surface area contributed by atoms with Crippen molar-refractivity contribution in [2.45, 2.75) is 5.51 Å². The van der Waals surface area contributed by atoms with Crippen LogP contribution in [0.2, 0.25) is 0 Å². The van der Waals surface area contributed by atoms with Crippen molar-refractivity contribution < 1.29 is 45.0 Å². The number of pyridine rings is 1. The number of alkyl halides is 3. The number of halogens is 3. The minimum absolute atomic E-state index is 0.374. The second-order valence-corrected chi connectivity index (χ2v) is 4.78. The van der Waals surface area contributed by atoms with Crippen molar-refractivity contribution in [2.75, 3.05) is 14.2 Å². The smallest absolute Gasteiger partial charge is 0.485 e. The van der Waals surface area contributed by atoms with Crippen molar-refractivity contribution in [1.29, 1.82) is 0 Å². The van der Waals surface area contributed by atoms with Gasteiger partial charge in [-0.3, -0.25) is 0 Å². The van der Waals surface area contributed by atoms with Crippen LogP contribution in [-0.4, -0.2) is 38.7 Å². The number of hydrogen-bond donors (Lipinski definition) is 0. The van der Waals surface area contributed by atoms with Crippen LogP contribution in [-0.2, 0) is 21.9 Å². The first-order chi connectivity index (χ1) is 9.45. The molecule has 0 unspecified atom stereocenters. The molecule has 0 N–H and O–H groups in total. The SMILES string of the molecule is COC(=O)c1cccc(OC)[n+]1C.O=S(=O)([O-])C(F)(F)F. The first-order valence-electron chi connectivity index (χ1n) is 5.09. The van der Waals surface area contributed by atoms with Crippen molar-refractivity contribution in [3.05, 3.63) is 23.9 Å². The highest BCUT2D eigenvalue weighted by atomic mass is 32.2. The number of carbonyl (C=O) groups is 1. The molecule has 0 aromatic carbocycles. The quantitative estimate of drug-likeness (QED) is 0.336. The van der Waals surface area contributed by atoms with Crippen molar-refractivity contribution >= 4 is 16.1 Å². The molecular formula is C10H12F3NO6S. The number of rotatable bonds is 2. The van der Waals surface area contributed by atoms with E-state index in [1.807, 2.05) is 0 Å². The molecule has 0 saturated heterocycles. The number of ether oxygens (including phenoxy) is 2. The number of aromatic nitrogens is 1. The van der Waals surface area contributed by atoms with E-state index in [4.69, 9.17) is 17.7 Å². The van der Waals surface area contributed by atoms with Crippen LogP contribution in [0.4, 0.5) is 13.2 Å². The molecule has 120 valence electrons. The van der Waals surface area contributed by atoms with E-state index in [1.165, 1.54) is 7.11 Å². The molecule has 0 spiro atoms. The van der Waals surface area contributed by atoms with Crippen molar-refractivity contribution in [1.82, 2.24) is 0 Å². The van der Waals surface area contributed by atoms with E-state index < -0.39 is 15.6 Å². The maximum absolute atomic E-state index is 11.2. The van der Waals surface area contributed by atoms with Gasteiger partial charge < -0.3 is 14.0 Å². The largest absolute Gasteiger partial charge is 0.741 e. The molecule has 0 aliphatic heterocycles. The first kappa shape index (κ1) is 19.1. The van der Waals surface area contributed by atoms with Gasteiger partial charge in [-0.15, -0.1) is 0 Å². The standard InChI is InChI=1S/C9H12NO3.CHF3O3S/c1-10-7(9(11)13-3)5-4-6-8(10)12-2;2-1(3,4)8(5,6)7/h4-6H,1-3H3;(H,5,6,7)/q+1;/p-1. The summed E-state index contributed by atoms with van der Waals surface area (Å²) in [5, 5.41) is 0. The third-order valence-electron chi connectivity index (χ3n) is 2.07. The summed E-state index contributed by atoms with van der Waals surface area (Å²) in [5.74, 6) is 0.240. The van der Waals surface area contributed by atoms with Crippen LogP contribution in [0.15, 0.2) is 18.2 Å². The summed E-state index contributed by atoms with van der Waals surface area (Å²) in [4.78, 5) is 11.2. The Morgan fingerprint density at radius 2 is 1.76 bits per heavy atom. The zero-order valence-electron chi connectivity index (χ0n) is 11.2. The van der Waals surface area contributed by atoms with Gasteiger partial charge in [0.2, 0.25) is 0 Å². The van der Waals surface area contributed by atoms with Gasteiger partial charge in [-0.25, -0.2) is 13.2 Å². The first-order valence-corrected chi connectivity index (χ1v) is 6.50. The monoisotopic (exact) mass is 331 g/mol.